The molecule has 1 N–H and O–H groups in total. The zero-order chi connectivity index (χ0) is 12.5. The van der Waals surface area contributed by atoms with Crippen LogP contribution in [0.1, 0.15) is 61.8 Å². The minimum atomic E-state index is 0.607. The van der Waals surface area contributed by atoms with Crippen molar-refractivity contribution in [2.45, 2.75) is 64.5 Å². The van der Waals surface area contributed by atoms with Gasteiger partial charge in [-0.1, -0.05) is 36.6 Å². The lowest BCUT2D eigenvalue weighted by atomic mass is 9.97. The molecule has 18 heavy (non-hydrogen) atoms. The Labute approximate surface area is 111 Å². The third kappa shape index (κ3) is 2.33. The maximum atomic E-state index is 3.90. The average molecular weight is 243 g/mol. The Bertz CT molecular complexity index is 418. The quantitative estimate of drug-likeness (QED) is 0.841. The molecule has 2 aliphatic rings. The van der Waals surface area contributed by atoms with Crippen LogP contribution in [0.25, 0.3) is 0 Å². The molecule has 1 aromatic carbocycles. The second-order valence-electron chi connectivity index (χ2n) is 6.29. The highest BCUT2D eigenvalue weighted by atomic mass is 15.0. The monoisotopic (exact) mass is 243 g/mol. The van der Waals surface area contributed by atoms with Gasteiger partial charge < -0.3 is 5.32 Å². The predicted octanol–water partition coefficient (Wildman–Crippen LogP) is 4.15. The van der Waals surface area contributed by atoms with Crippen LogP contribution in [0.2, 0.25) is 0 Å². The molecule has 2 atom stereocenters. The van der Waals surface area contributed by atoms with Crippen molar-refractivity contribution in [2.75, 3.05) is 0 Å². The van der Waals surface area contributed by atoms with Crippen LogP contribution in [0.5, 0.6) is 0 Å². The third-order valence-electron chi connectivity index (χ3n) is 4.95. The van der Waals surface area contributed by atoms with Crippen molar-refractivity contribution in [1.82, 2.24) is 5.32 Å². The van der Waals surface area contributed by atoms with Gasteiger partial charge in [-0.15, -0.1) is 0 Å². The van der Waals surface area contributed by atoms with Crippen LogP contribution in [0.3, 0.4) is 0 Å². The van der Waals surface area contributed by atoms with Gasteiger partial charge in [-0.2, -0.15) is 0 Å². The molecule has 98 valence electrons. The summed E-state index contributed by atoms with van der Waals surface area (Å²) >= 11 is 0. The molecule has 0 aromatic heterocycles. The fraction of sp³-hybridized carbons (Fsp3) is 0.647. The molecule has 0 bridgehead atoms. The van der Waals surface area contributed by atoms with E-state index in [-0.39, 0.29) is 0 Å². The number of aryl methyl sites for hydroxylation is 2. The first-order chi connectivity index (χ1) is 8.74. The molecular weight excluding hydrogens is 218 g/mol. The normalized spacial score (nSPS) is 25.3. The predicted molar refractivity (Wildman–Crippen MR) is 76.8 cm³/mol. The summed E-state index contributed by atoms with van der Waals surface area (Å²) in [7, 11) is 0. The fourth-order valence-electron chi connectivity index (χ4n) is 3.81. The SMILES string of the molecule is Cc1ccc2c(c1)C(N[C@H](C)C1CCCC1)CC2. The largest absolute Gasteiger partial charge is 0.307 e. The van der Waals surface area contributed by atoms with Gasteiger partial charge in [-0.05, 0) is 56.6 Å². The van der Waals surface area contributed by atoms with Crippen LogP contribution in [0.15, 0.2) is 18.2 Å². The Morgan fingerprint density at radius 2 is 1.94 bits per heavy atom. The maximum Gasteiger partial charge on any atom is 0.0328 e. The molecule has 1 heteroatoms. The summed E-state index contributed by atoms with van der Waals surface area (Å²) in [5.41, 5.74) is 4.53. The van der Waals surface area contributed by atoms with Crippen molar-refractivity contribution in [1.29, 1.82) is 0 Å². The highest BCUT2D eigenvalue weighted by Crippen LogP contribution is 2.34. The first-order valence-electron chi connectivity index (χ1n) is 7.59. The third-order valence-corrected chi connectivity index (χ3v) is 4.95. The van der Waals surface area contributed by atoms with Crippen LogP contribution in [0.4, 0.5) is 0 Å². The number of hydrogen-bond donors (Lipinski definition) is 1. The Hall–Kier alpha value is -0.820. The maximum absolute atomic E-state index is 3.90. The van der Waals surface area contributed by atoms with E-state index in [1.807, 2.05) is 0 Å². The number of benzene rings is 1. The summed E-state index contributed by atoms with van der Waals surface area (Å²) in [5.74, 6) is 0.916. The fourth-order valence-corrected chi connectivity index (χ4v) is 3.81. The van der Waals surface area contributed by atoms with Crippen molar-refractivity contribution < 1.29 is 0 Å². The van der Waals surface area contributed by atoms with Crippen LogP contribution in [-0.4, -0.2) is 6.04 Å². The van der Waals surface area contributed by atoms with Gasteiger partial charge in [0.15, 0.2) is 0 Å². The van der Waals surface area contributed by atoms with Gasteiger partial charge in [0.2, 0.25) is 0 Å². The van der Waals surface area contributed by atoms with E-state index < -0.39 is 0 Å². The van der Waals surface area contributed by atoms with Crippen LogP contribution >= 0.6 is 0 Å². The smallest absolute Gasteiger partial charge is 0.0328 e. The molecule has 1 aromatic rings. The zero-order valence-electron chi connectivity index (χ0n) is 11.7. The summed E-state index contributed by atoms with van der Waals surface area (Å²) in [5, 5.41) is 3.90. The molecule has 0 spiro atoms. The van der Waals surface area contributed by atoms with E-state index in [1.165, 1.54) is 44.1 Å². The molecule has 0 amide bonds. The van der Waals surface area contributed by atoms with Gasteiger partial charge in [0.25, 0.3) is 0 Å². The van der Waals surface area contributed by atoms with Gasteiger partial charge in [0, 0.05) is 12.1 Å². The van der Waals surface area contributed by atoms with Gasteiger partial charge in [0.1, 0.15) is 0 Å². The molecule has 1 fully saturated rings. The van der Waals surface area contributed by atoms with Crippen molar-refractivity contribution in [3.05, 3.63) is 34.9 Å². The lowest BCUT2D eigenvalue weighted by Gasteiger charge is -2.25. The minimum Gasteiger partial charge on any atom is -0.307 e. The summed E-state index contributed by atoms with van der Waals surface area (Å²) in [6.07, 6.45) is 8.29. The molecule has 2 aliphatic carbocycles. The first kappa shape index (κ1) is 12.2. The Balaban J connectivity index is 1.70. The van der Waals surface area contributed by atoms with Crippen LogP contribution in [-0.2, 0) is 6.42 Å². The molecule has 1 unspecified atom stereocenters. The number of hydrogen-bond acceptors (Lipinski definition) is 1. The van der Waals surface area contributed by atoms with E-state index >= 15 is 0 Å². The van der Waals surface area contributed by atoms with Crippen LogP contribution in [0, 0.1) is 12.8 Å². The summed E-state index contributed by atoms with van der Waals surface area (Å²) in [6.45, 7) is 4.60. The lowest BCUT2D eigenvalue weighted by Crippen LogP contribution is -2.34. The molecule has 0 aliphatic heterocycles. The molecule has 3 rings (SSSR count). The van der Waals surface area contributed by atoms with Crippen molar-refractivity contribution in [3.63, 3.8) is 0 Å². The van der Waals surface area contributed by atoms with Crippen LogP contribution < -0.4 is 5.32 Å². The van der Waals surface area contributed by atoms with Gasteiger partial charge >= 0.3 is 0 Å². The Morgan fingerprint density at radius 1 is 1.17 bits per heavy atom. The zero-order valence-corrected chi connectivity index (χ0v) is 11.7. The minimum absolute atomic E-state index is 0.607. The molecule has 1 nitrogen and oxygen atoms in total. The summed E-state index contributed by atoms with van der Waals surface area (Å²) in [6, 6.07) is 8.26. The second kappa shape index (κ2) is 5.05. The topological polar surface area (TPSA) is 12.0 Å². The Kier molecular flexibility index (Phi) is 3.43. The van der Waals surface area contributed by atoms with Crippen molar-refractivity contribution in [2.24, 2.45) is 5.92 Å². The van der Waals surface area contributed by atoms with Crippen molar-refractivity contribution >= 4 is 0 Å². The van der Waals surface area contributed by atoms with Gasteiger partial charge in [-0.3, -0.25) is 0 Å². The molecular formula is C17H25N. The highest BCUT2D eigenvalue weighted by molar-refractivity contribution is 5.37. The Morgan fingerprint density at radius 3 is 2.72 bits per heavy atom. The first-order valence-corrected chi connectivity index (χ1v) is 7.59. The van der Waals surface area contributed by atoms with E-state index in [0.717, 1.165) is 5.92 Å². The highest BCUT2D eigenvalue weighted by Gasteiger charge is 2.27. The van der Waals surface area contributed by atoms with Crippen molar-refractivity contribution in [3.8, 4) is 0 Å². The summed E-state index contributed by atoms with van der Waals surface area (Å²) < 4.78 is 0. The lowest BCUT2D eigenvalue weighted by molar-refractivity contribution is 0.342. The van der Waals surface area contributed by atoms with E-state index in [1.54, 1.807) is 11.1 Å². The van der Waals surface area contributed by atoms with E-state index in [4.69, 9.17) is 0 Å². The molecule has 0 radical (unpaired) electrons. The second-order valence-corrected chi connectivity index (χ2v) is 6.29. The molecule has 1 saturated carbocycles. The number of rotatable bonds is 3. The number of fused-ring (bicyclic) bond motifs is 1. The van der Waals surface area contributed by atoms with E-state index in [0.29, 0.717) is 12.1 Å². The molecule has 0 saturated heterocycles. The summed E-state index contributed by atoms with van der Waals surface area (Å²) in [4.78, 5) is 0. The van der Waals surface area contributed by atoms with Gasteiger partial charge in [0.05, 0.1) is 0 Å². The average Bonchev–Trinajstić information content (AvgIpc) is 2.99. The van der Waals surface area contributed by atoms with E-state index in [2.05, 4.69) is 37.4 Å². The van der Waals surface area contributed by atoms with Gasteiger partial charge in [-0.25, -0.2) is 0 Å². The standard InChI is InChI=1S/C17H25N/c1-12-7-8-15-9-10-17(16(15)11-12)18-13(2)14-5-3-4-6-14/h7-8,11,13-14,17-18H,3-6,9-10H2,1-2H3/t13-,17?/m1/s1. The number of nitrogens with one attached hydrogen (secondary N) is 1. The van der Waals surface area contributed by atoms with E-state index in [9.17, 15) is 0 Å². The molecule has 0 heterocycles.